The predicted molar refractivity (Wildman–Crippen MR) is 110 cm³/mol. The summed E-state index contributed by atoms with van der Waals surface area (Å²) in [5.74, 6) is -1.80. The van der Waals surface area contributed by atoms with Crippen molar-refractivity contribution in [3.05, 3.63) is 95.8 Å². The number of anilines is 2. The molecule has 3 aromatic carbocycles. The maximum Gasteiger partial charge on any atom is 0.266 e. The molecule has 30 heavy (non-hydrogen) atoms. The quantitative estimate of drug-likeness (QED) is 0.617. The summed E-state index contributed by atoms with van der Waals surface area (Å²) in [5, 5.41) is 1.60. The smallest absolute Gasteiger partial charge is 0.266 e. The predicted octanol–water partition coefficient (Wildman–Crippen LogP) is 4.19. The molecule has 2 aliphatic heterocycles. The van der Waals surface area contributed by atoms with Crippen LogP contribution in [0.25, 0.3) is 0 Å². The SMILES string of the molecule is Cc1ccccc1N1C(=O)[C@@H]2[C@H](ON(c3ccccc3)[C@@H]2c2ccc(F)cc2)C1=O. The van der Waals surface area contributed by atoms with E-state index in [1.807, 2.05) is 49.4 Å². The lowest BCUT2D eigenvalue weighted by molar-refractivity contribution is -0.126. The molecule has 0 N–H and O–H groups in total. The highest BCUT2D eigenvalue weighted by molar-refractivity contribution is 6.24. The van der Waals surface area contributed by atoms with Crippen LogP contribution in [0.2, 0.25) is 0 Å². The molecule has 2 amide bonds. The molecule has 0 saturated carbocycles. The third kappa shape index (κ3) is 2.80. The van der Waals surface area contributed by atoms with Crippen molar-refractivity contribution >= 4 is 23.2 Å². The van der Waals surface area contributed by atoms with Gasteiger partial charge in [-0.25, -0.2) is 14.4 Å². The minimum atomic E-state index is -0.938. The molecule has 150 valence electrons. The fourth-order valence-electron chi connectivity index (χ4n) is 4.26. The number of carbonyl (C=O) groups is 2. The summed E-state index contributed by atoms with van der Waals surface area (Å²) in [6, 6.07) is 22.0. The molecule has 2 aliphatic rings. The van der Waals surface area contributed by atoms with Crippen LogP contribution in [0.5, 0.6) is 0 Å². The van der Waals surface area contributed by atoms with Crippen molar-refractivity contribution in [1.82, 2.24) is 0 Å². The van der Waals surface area contributed by atoms with Crippen LogP contribution in [0.1, 0.15) is 17.2 Å². The van der Waals surface area contributed by atoms with Crippen molar-refractivity contribution < 1.29 is 18.8 Å². The van der Waals surface area contributed by atoms with Crippen LogP contribution in [0.4, 0.5) is 15.8 Å². The molecule has 2 heterocycles. The van der Waals surface area contributed by atoms with E-state index >= 15 is 0 Å². The van der Waals surface area contributed by atoms with E-state index in [0.29, 0.717) is 11.3 Å². The van der Waals surface area contributed by atoms with Gasteiger partial charge in [0.2, 0.25) is 5.91 Å². The highest BCUT2D eigenvalue weighted by atomic mass is 19.1. The van der Waals surface area contributed by atoms with E-state index in [1.54, 1.807) is 29.3 Å². The van der Waals surface area contributed by atoms with Gasteiger partial charge in [-0.2, -0.15) is 0 Å². The Balaban J connectivity index is 1.60. The van der Waals surface area contributed by atoms with Crippen molar-refractivity contribution in [2.45, 2.75) is 19.1 Å². The van der Waals surface area contributed by atoms with Gasteiger partial charge in [-0.3, -0.25) is 14.4 Å². The number of imide groups is 1. The van der Waals surface area contributed by atoms with E-state index in [9.17, 15) is 14.0 Å². The van der Waals surface area contributed by atoms with Gasteiger partial charge in [-0.15, -0.1) is 0 Å². The number of halogens is 1. The molecule has 0 aliphatic carbocycles. The van der Waals surface area contributed by atoms with Crippen molar-refractivity contribution in [2.24, 2.45) is 5.92 Å². The summed E-state index contributed by atoms with van der Waals surface area (Å²) in [5.41, 5.74) is 2.83. The Labute approximate surface area is 173 Å². The summed E-state index contributed by atoms with van der Waals surface area (Å²) in [4.78, 5) is 34.0. The molecular formula is C24H19FN2O3. The topological polar surface area (TPSA) is 49.9 Å². The Bertz CT molecular complexity index is 1120. The molecule has 2 saturated heterocycles. The van der Waals surface area contributed by atoms with E-state index in [4.69, 9.17) is 4.84 Å². The summed E-state index contributed by atoms with van der Waals surface area (Å²) in [6.45, 7) is 1.86. The first kappa shape index (κ1) is 18.5. The molecule has 3 atom stereocenters. The zero-order valence-electron chi connectivity index (χ0n) is 16.2. The maximum absolute atomic E-state index is 13.6. The van der Waals surface area contributed by atoms with Crippen molar-refractivity contribution in [1.29, 1.82) is 0 Å². The van der Waals surface area contributed by atoms with Crippen molar-refractivity contribution in [2.75, 3.05) is 9.96 Å². The lowest BCUT2D eigenvalue weighted by atomic mass is 9.90. The standard InChI is InChI=1S/C24H19FN2O3/c1-15-7-5-6-10-19(15)26-23(28)20-21(16-11-13-17(25)14-12-16)27(30-22(20)24(26)29)18-8-3-2-4-9-18/h2-14,20-22H,1H3/t20-,21+,22-/m0/s1. The Morgan fingerprint density at radius 3 is 2.20 bits per heavy atom. The first-order chi connectivity index (χ1) is 14.6. The van der Waals surface area contributed by atoms with Gasteiger partial charge in [0, 0.05) is 0 Å². The number of hydroxylamine groups is 1. The van der Waals surface area contributed by atoms with E-state index < -0.39 is 18.1 Å². The second-order valence-electron chi connectivity index (χ2n) is 7.51. The molecule has 5 rings (SSSR count). The van der Waals surface area contributed by atoms with Gasteiger partial charge in [-0.1, -0.05) is 48.5 Å². The summed E-state index contributed by atoms with van der Waals surface area (Å²) in [7, 11) is 0. The number of carbonyl (C=O) groups excluding carboxylic acids is 2. The second-order valence-corrected chi connectivity index (χ2v) is 7.51. The van der Waals surface area contributed by atoms with E-state index in [2.05, 4.69) is 0 Å². The average Bonchev–Trinajstić information content (AvgIpc) is 3.26. The molecule has 2 fully saturated rings. The average molecular weight is 402 g/mol. The highest BCUT2D eigenvalue weighted by Crippen LogP contribution is 2.47. The number of fused-ring (bicyclic) bond motifs is 1. The van der Waals surface area contributed by atoms with Crippen LogP contribution in [0.3, 0.4) is 0 Å². The van der Waals surface area contributed by atoms with Gasteiger partial charge in [0.25, 0.3) is 5.91 Å². The first-order valence-electron chi connectivity index (χ1n) is 9.76. The van der Waals surface area contributed by atoms with E-state index in [-0.39, 0.29) is 17.6 Å². The van der Waals surface area contributed by atoms with Gasteiger partial charge < -0.3 is 0 Å². The lowest BCUT2D eigenvalue weighted by Gasteiger charge is -2.29. The molecule has 5 nitrogen and oxygen atoms in total. The Hall–Kier alpha value is -3.51. The number of hydrogen-bond acceptors (Lipinski definition) is 4. The maximum atomic E-state index is 13.6. The molecular weight excluding hydrogens is 383 g/mol. The van der Waals surface area contributed by atoms with Gasteiger partial charge in [0.1, 0.15) is 11.7 Å². The molecule has 0 spiro atoms. The van der Waals surface area contributed by atoms with Crippen LogP contribution in [0.15, 0.2) is 78.9 Å². The van der Waals surface area contributed by atoms with Crippen molar-refractivity contribution in [3.63, 3.8) is 0 Å². The van der Waals surface area contributed by atoms with Crippen LogP contribution in [0, 0.1) is 18.7 Å². The van der Waals surface area contributed by atoms with E-state index in [1.165, 1.54) is 17.0 Å². The fraction of sp³-hybridized carbons (Fsp3) is 0.167. The molecule has 0 bridgehead atoms. The van der Waals surface area contributed by atoms with Crippen LogP contribution in [-0.4, -0.2) is 17.9 Å². The third-order valence-electron chi connectivity index (χ3n) is 5.69. The lowest BCUT2D eigenvalue weighted by Crippen LogP contribution is -2.37. The number of aryl methyl sites for hydroxylation is 1. The molecule has 0 unspecified atom stereocenters. The minimum Gasteiger partial charge on any atom is -0.273 e. The highest BCUT2D eigenvalue weighted by Gasteiger charge is 2.60. The van der Waals surface area contributed by atoms with Gasteiger partial charge in [-0.05, 0) is 48.4 Å². The zero-order valence-corrected chi connectivity index (χ0v) is 16.2. The number of rotatable bonds is 3. The number of para-hydroxylation sites is 2. The van der Waals surface area contributed by atoms with Crippen LogP contribution in [-0.2, 0) is 14.4 Å². The zero-order chi connectivity index (χ0) is 20.8. The first-order valence-corrected chi connectivity index (χ1v) is 9.76. The fourth-order valence-corrected chi connectivity index (χ4v) is 4.26. The molecule has 0 radical (unpaired) electrons. The Kier molecular flexibility index (Phi) is 4.37. The summed E-state index contributed by atoms with van der Waals surface area (Å²) >= 11 is 0. The minimum absolute atomic E-state index is 0.313. The number of benzene rings is 3. The number of nitrogens with zero attached hydrogens (tertiary/aromatic N) is 2. The normalized spacial score (nSPS) is 23.2. The second kappa shape index (κ2) is 7.07. The molecule has 6 heteroatoms. The number of hydrogen-bond donors (Lipinski definition) is 0. The van der Waals surface area contributed by atoms with Crippen LogP contribution < -0.4 is 9.96 Å². The number of amides is 2. The Morgan fingerprint density at radius 2 is 1.50 bits per heavy atom. The van der Waals surface area contributed by atoms with Crippen molar-refractivity contribution in [3.8, 4) is 0 Å². The summed E-state index contributed by atoms with van der Waals surface area (Å²) < 4.78 is 13.6. The van der Waals surface area contributed by atoms with Gasteiger partial charge in [0.05, 0.1) is 17.4 Å². The molecule has 0 aromatic heterocycles. The largest absolute Gasteiger partial charge is 0.273 e. The monoisotopic (exact) mass is 402 g/mol. The van der Waals surface area contributed by atoms with E-state index in [0.717, 1.165) is 11.3 Å². The molecule has 3 aromatic rings. The third-order valence-corrected chi connectivity index (χ3v) is 5.69. The van der Waals surface area contributed by atoms with Gasteiger partial charge >= 0.3 is 0 Å². The van der Waals surface area contributed by atoms with Crippen LogP contribution >= 0.6 is 0 Å². The summed E-state index contributed by atoms with van der Waals surface area (Å²) in [6.07, 6.45) is -0.938. The Morgan fingerprint density at radius 1 is 0.833 bits per heavy atom. The van der Waals surface area contributed by atoms with Gasteiger partial charge in [0.15, 0.2) is 6.10 Å².